The lowest BCUT2D eigenvalue weighted by Gasteiger charge is -2.12. The number of fused-ring (bicyclic) bond motifs is 2. The molecule has 0 saturated carbocycles. The molecule has 2 aromatic rings. The van der Waals surface area contributed by atoms with E-state index in [9.17, 15) is 29.7 Å². The van der Waals surface area contributed by atoms with Gasteiger partial charge in [0.15, 0.2) is 11.9 Å². The van der Waals surface area contributed by atoms with E-state index in [1.807, 2.05) is 31.7 Å². The summed E-state index contributed by atoms with van der Waals surface area (Å²) >= 11 is 1.62. The predicted molar refractivity (Wildman–Crippen MR) is 170 cm³/mol. The molecule has 3 aliphatic rings. The molecular weight excluding hydrogens is 580 g/mol. The Hall–Kier alpha value is -3.99. The van der Waals surface area contributed by atoms with Crippen LogP contribution in [0.15, 0.2) is 29.5 Å². The van der Waals surface area contributed by atoms with Crippen LogP contribution in [-0.2, 0) is 40.1 Å². The Kier molecular flexibility index (Phi) is 8.71. The summed E-state index contributed by atoms with van der Waals surface area (Å²) in [5, 5.41) is 33.0. The Labute approximate surface area is 261 Å². The van der Waals surface area contributed by atoms with Crippen LogP contribution in [0.5, 0.6) is 0 Å². The van der Waals surface area contributed by atoms with Gasteiger partial charge in [0.1, 0.15) is 0 Å². The highest BCUT2D eigenvalue weighted by molar-refractivity contribution is 7.94. The molecule has 0 spiro atoms. The van der Waals surface area contributed by atoms with Gasteiger partial charge < -0.3 is 30.6 Å². The third-order valence-corrected chi connectivity index (χ3v) is 10.8. The number of aromatic amines is 2. The van der Waals surface area contributed by atoms with E-state index in [2.05, 4.69) is 34.9 Å². The van der Waals surface area contributed by atoms with E-state index < -0.39 is 11.9 Å². The van der Waals surface area contributed by atoms with Crippen LogP contribution in [0.3, 0.4) is 0 Å². The van der Waals surface area contributed by atoms with Gasteiger partial charge in [-0.05, 0) is 75.3 Å². The molecule has 4 atom stereocenters. The molecule has 1 amide bonds. The summed E-state index contributed by atoms with van der Waals surface area (Å²) in [4.78, 5) is 42.7. The molecule has 5 rings (SSSR count). The monoisotopic (exact) mass is 621 g/mol. The average molecular weight is 622 g/mol. The highest BCUT2D eigenvalue weighted by Gasteiger charge is 2.56. The first-order chi connectivity index (χ1) is 20.8. The number of carboxylic acids is 2. The van der Waals surface area contributed by atoms with Crippen LogP contribution >= 0.6 is 11.9 Å². The second-order valence-electron chi connectivity index (χ2n) is 12.1. The summed E-state index contributed by atoms with van der Waals surface area (Å²) in [5.74, 6) is -1.34. The van der Waals surface area contributed by atoms with Crippen molar-refractivity contribution >= 4 is 41.8 Å². The minimum atomic E-state index is -0.884. The molecule has 2 bridgehead atoms. The number of hydrogen-bond acceptors (Lipinski definition) is 4. The first-order valence-electron chi connectivity index (χ1n) is 15.0. The molecular formula is C33H41N4O6S+. The zero-order valence-corrected chi connectivity index (χ0v) is 26.7. The quantitative estimate of drug-likeness (QED) is 0.147. The lowest BCUT2D eigenvalue weighted by molar-refractivity contribution is -0.284. The van der Waals surface area contributed by atoms with Crippen molar-refractivity contribution in [3.63, 3.8) is 0 Å². The summed E-state index contributed by atoms with van der Waals surface area (Å²) in [6, 6.07) is -0.197. The van der Waals surface area contributed by atoms with Crippen molar-refractivity contribution in [3.8, 4) is 0 Å². The Morgan fingerprint density at radius 2 is 1.59 bits per heavy atom. The molecule has 44 heavy (non-hydrogen) atoms. The fourth-order valence-electron chi connectivity index (χ4n) is 6.99. The summed E-state index contributed by atoms with van der Waals surface area (Å²) < 4.78 is 1.91. The van der Waals surface area contributed by atoms with Crippen LogP contribution in [0.25, 0.3) is 6.08 Å². The molecule has 5 heterocycles. The summed E-state index contributed by atoms with van der Waals surface area (Å²) in [6.07, 6.45) is 5.26. The zero-order chi connectivity index (χ0) is 32.0. The summed E-state index contributed by atoms with van der Waals surface area (Å²) in [6.45, 7) is 13.8. The second kappa shape index (κ2) is 12.2. The van der Waals surface area contributed by atoms with Gasteiger partial charge >= 0.3 is 17.8 Å². The number of rotatable bonds is 12. The van der Waals surface area contributed by atoms with Crippen molar-refractivity contribution in [1.82, 2.24) is 15.3 Å². The molecule has 0 aliphatic carbocycles. The maximum atomic E-state index is 12.4. The third-order valence-electron chi connectivity index (χ3n) is 9.52. The number of carbonyl (C=O) groups is 3. The number of aliphatic hydroxyl groups excluding tert-OH is 1. The number of aliphatic carboxylic acids is 2. The number of H-pyrrole nitrogens is 2. The predicted octanol–water partition coefficient (Wildman–Crippen LogP) is 4.75. The van der Waals surface area contributed by atoms with Crippen LogP contribution in [0.2, 0.25) is 0 Å². The van der Waals surface area contributed by atoms with E-state index >= 15 is 0 Å². The minimum Gasteiger partial charge on any atom is -0.481 e. The van der Waals surface area contributed by atoms with Crippen LogP contribution in [-0.4, -0.2) is 64.3 Å². The Morgan fingerprint density at radius 3 is 2.16 bits per heavy atom. The Morgan fingerprint density at radius 1 is 0.977 bits per heavy atom. The molecule has 3 aliphatic heterocycles. The first kappa shape index (κ1) is 31.4. The smallest absolute Gasteiger partial charge is 0.356 e. The molecule has 0 radical (unpaired) electrons. The SMILES string of the molecule is C=CC1=C(C)[C@@H](Cc2[nH]c(Cc3[nH]c(/C=C4/[C@@H]5[C@@H](C)S[N+]4=C(O)[C@@H]5C)c(C)c3CCC(=O)O)c(CCC(=O)O)c2C)NC1=O. The van der Waals surface area contributed by atoms with E-state index in [1.54, 1.807) is 18.0 Å². The fourth-order valence-corrected chi connectivity index (χ4v) is 8.40. The number of nitrogens with zero attached hydrogens (tertiary/aromatic N) is 1. The molecule has 1 saturated heterocycles. The van der Waals surface area contributed by atoms with Crippen molar-refractivity contribution in [1.29, 1.82) is 0 Å². The molecule has 2 aromatic heterocycles. The Bertz CT molecular complexity index is 1660. The van der Waals surface area contributed by atoms with Crippen molar-refractivity contribution in [2.45, 2.75) is 84.4 Å². The largest absolute Gasteiger partial charge is 0.481 e. The number of aromatic nitrogens is 2. The summed E-state index contributed by atoms with van der Waals surface area (Å²) in [7, 11) is 0. The average Bonchev–Trinajstić information content (AvgIpc) is 3.67. The molecule has 6 N–H and O–H groups in total. The topological polar surface area (TPSA) is 159 Å². The van der Waals surface area contributed by atoms with E-state index in [1.165, 1.54) is 0 Å². The number of hydrogen-bond donors (Lipinski definition) is 6. The number of carboxylic acid groups (broad SMARTS) is 2. The highest BCUT2D eigenvalue weighted by atomic mass is 32.2. The lowest BCUT2D eigenvalue weighted by Crippen LogP contribution is -2.30. The van der Waals surface area contributed by atoms with Gasteiger partial charge in [-0.15, -0.1) is 0 Å². The second-order valence-corrected chi connectivity index (χ2v) is 13.5. The number of aliphatic hydroxyl groups is 1. The van der Waals surface area contributed by atoms with Gasteiger partial charge in [-0.25, -0.2) is 0 Å². The van der Waals surface area contributed by atoms with Crippen molar-refractivity contribution in [3.05, 3.63) is 74.5 Å². The van der Waals surface area contributed by atoms with Gasteiger partial charge in [0.05, 0.1) is 23.1 Å². The van der Waals surface area contributed by atoms with Gasteiger partial charge in [0.25, 0.3) is 5.91 Å². The van der Waals surface area contributed by atoms with E-state index in [0.29, 0.717) is 42.4 Å². The number of carbonyl (C=O) groups excluding carboxylic acids is 1. The van der Waals surface area contributed by atoms with Gasteiger partial charge in [-0.1, -0.05) is 16.6 Å². The lowest BCUT2D eigenvalue weighted by atomic mass is 9.90. The molecule has 0 unspecified atom stereocenters. The molecule has 0 aromatic carbocycles. The number of nitrogens with one attached hydrogen (secondary N) is 3. The highest BCUT2D eigenvalue weighted by Crippen LogP contribution is 2.48. The van der Waals surface area contributed by atoms with Gasteiger partial charge in [0, 0.05) is 60.1 Å². The zero-order valence-electron chi connectivity index (χ0n) is 25.8. The molecule has 10 nitrogen and oxygen atoms in total. The standard InChI is InChI=1S/C33H40N4O6S/c1-7-20-15(2)24(36-32(20)42)12-23-16(3)21(8-10-29(38)39)26(34-23)13-27-22(9-11-30(40)41)17(4)25(35-27)14-28-31-18(5)33(43)37(28)44-19(31)6/h7,14,18-19,24,31,34-35H,1,8-13H2,2-6H3,(H3,36,38,39,40,41,42)/p+1/b28-14-/t18-,19-,24-,31+/m1/s1. The van der Waals surface area contributed by atoms with Gasteiger partial charge in [-0.3, -0.25) is 14.4 Å². The van der Waals surface area contributed by atoms with Crippen LogP contribution in [0.1, 0.15) is 78.6 Å². The van der Waals surface area contributed by atoms with Crippen molar-refractivity contribution in [2.75, 3.05) is 0 Å². The number of allylic oxidation sites excluding steroid dienone is 1. The molecule has 234 valence electrons. The fraction of sp³-hybridized carbons (Fsp3) is 0.455. The van der Waals surface area contributed by atoms with Crippen LogP contribution in [0, 0.1) is 25.7 Å². The third kappa shape index (κ3) is 5.65. The summed E-state index contributed by atoms with van der Waals surface area (Å²) in [5.41, 5.74) is 9.88. The van der Waals surface area contributed by atoms with Crippen LogP contribution in [0.4, 0.5) is 0 Å². The van der Waals surface area contributed by atoms with E-state index in [-0.39, 0.29) is 36.6 Å². The van der Waals surface area contributed by atoms with Crippen LogP contribution < -0.4 is 5.32 Å². The van der Waals surface area contributed by atoms with Gasteiger partial charge in [-0.2, -0.15) is 0 Å². The van der Waals surface area contributed by atoms with E-state index in [0.717, 1.165) is 56.3 Å². The normalized spacial score (nSPS) is 23.8. The Balaban J connectivity index is 1.53. The van der Waals surface area contributed by atoms with E-state index in [4.69, 9.17) is 0 Å². The minimum absolute atomic E-state index is 0.0194. The maximum Gasteiger partial charge on any atom is 0.356 e. The molecule has 1 fully saturated rings. The maximum absolute atomic E-state index is 12.4. The van der Waals surface area contributed by atoms with Crippen molar-refractivity contribution in [2.24, 2.45) is 11.8 Å². The first-order valence-corrected chi connectivity index (χ1v) is 15.9. The van der Waals surface area contributed by atoms with Crippen molar-refractivity contribution < 1.29 is 33.7 Å². The van der Waals surface area contributed by atoms with Gasteiger partial charge in [0.2, 0.25) is 5.70 Å². The number of amides is 1. The molecule has 11 heteroatoms.